The number of carbonyl (C=O) groups excluding carboxylic acids is 1. The summed E-state index contributed by atoms with van der Waals surface area (Å²) in [7, 11) is 0. The summed E-state index contributed by atoms with van der Waals surface area (Å²) in [6.45, 7) is 4.13. The SMILES string of the molecule is CCC/C=C\CCCCCCCC/C=C/[C@@H](O)[C@H](CO)NC(=O)C(O)CCCCCCCCCCCCCCCCCCCCCC. The molecule has 0 fully saturated rings. The van der Waals surface area contributed by atoms with Crippen molar-refractivity contribution in [2.24, 2.45) is 0 Å². The van der Waals surface area contributed by atoms with Crippen molar-refractivity contribution >= 4 is 5.91 Å². The molecule has 0 spiro atoms. The van der Waals surface area contributed by atoms with Gasteiger partial charge in [-0.2, -0.15) is 0 Å². The fraction of sp³-hybridized carbons (Fsp3) is 0.881. The highest BCUT2D eigenvalue weighted by molar-refractivity contribution is 5.80. The molecule has 278 valence electrons. The van der Waals surface area contributed by atoms with Gasteiger partial charge in [0, 0.05) is 0 Å². The highest BCUT2D eigenvalue weighted by atomic mass is 16.3. The normalized spacial score (nSPS) is 13.9. The van der Waals surface area contributed by atoms with E-state index < -0.39 is 24.2 Å². The number of amides is 1. The number of carbonyl (C=O) groups is 1. The van der Waals surface area contributed by atoms with Crippen LogP contribution in [-0.4, -0.2) is 46.1 Å². The number of hydrogen-bond donors (Lipinski definition) is 4. The molecule has 0 aromatic rings. The first kappa shape index (κ1) is 45.8. The molecule has 5 nitrogen and oxygen atoms in total. The summed E-state index contributed by atoms with van der Waals surface area (Å²) >= 11 is 0. The first-order valence-corrected chi connectivity index (χ1v) is 20.7. The molecule has 0 aromatic heterocycles. The summed E-state index contributed by atoms with van der Waals surface area (Å²) < 4.78 is 0. The predicted molar refractivity (Wildman–Crippen MR) is 204 cm³/mol. The van der Waals surface area contributed by atoms with E-state index in [0.29, 0.717) is 6.42 Å². The Morgan fingerprint density at radius 2 is 0.894 bits per heavy atom. The maximum absolute atomic E-state index is 12.4. The fourth-order valence-corrected chi connectivity index (χ4v) is 6.25. The Kier molecular flexibility index (Phi) is 36.7. The van der Waals surface area contributed by atoms with E-state index in [1.54, 1.807) is 6.08 Å². The van der Waals surface area contributed by atoms with Crippen LogP contribution in [0.4, 0.5) is 0 Å². The zero-order chi connectivity index (χ0) is 34.5. The molecule has 0 saturated heterocycles. The summed E-state index contributed by atoms with van der Waals surface area (Å²) in [5.74, 6) is -0.504. The molecule has 0 rings (SSSR count). The molecule has 1 unspecified atom stereocenters. The zero-order valence-electron chi connectivity index (χ0n) is 31.4. The lowest BCUT2D eigenvalue weighted by Gasteiger charge is -2.21. The van der Waals surface area contributed by atoms with E-state index in [9.17, 15) is 20.1 Å². The summed E-state index contributed by atoms with van der Waals surface area (Å²) in [4.78, 5) is 12.4. The lowest BCUT2D eigenvalue weighted by molar-refractivity contribution is -0.131. The van der Waals surface area contributed by atoms with Crippen LogP contribution in [0.25, 0.3) is 0 Å². The Morgan fingerprint density at radius 1 is 0.511 bits per heavy atom. The minimum Gasteiger partial charge on any atom is -0.394 e. The Balaban J connectivity index is 3.65. The number of hydrogen-bond acceptors (Lipinski definition) is 4. The lowest BCUT2D eigenvalue weighted by atomic mass is 10.0. The maximum Gasteiger partial charge on any atom is 0.249 e. The van der Waals surface area contributed by atoms with Crippen molar-refractivity contribution in [1.29, 1.82) is 0 Å². The Labute approximate surface area is 292 Å². The molecule has 0 aliphatic carbocycles. The molecular weight excluding hydrogens is 582 g/mol. The Morgan fingerprint density at radius 3 is 1.32 bits per heavy atom. The molecule has 0 radical (unpaired) electrons. The molecule has 0 aliphatic heterocycles. The van der Waals surface area contributed by atoms with Crippen molar-refractivity contribution in [2.45, 2.75) is 231 Å². The van der Waals surface area contributed by atoms with Gasteiger partial charge in [-0.3, -0.25) is 4.79 Å². The van der Waals surface area contributed by atoms with Crippen molar-refractivity contribution in [2.75, 3.05) is 6.61 Å². The van der Waals surface area contributed by atoms with Gasteiger partial charge >= 0.3 is 0 Å². The first-order chi connectivity index (χ1) is 23.1. The first-order valence-electron chi connectivity index (χ1n) is 20.7. The van der Waals surface area contributed by atoms with Gasteiger partial charge in [-0.1, -0.05) is 199 Å². The van der Waals surface area contributed by atoms with Crippen LogP contribution in [0.15, 0.2) is 24.3 Å². The van der Waals surface area contributed by atoms with Crippen molar-refractivity contribution in [1.82, 2.24) is 5.32 Å². The third-order valence-electron chi connectivity index (χ3n) is 9.52. The molecule has 0 heterocycles. The van der Waals surface area contributed by atoms with Gasteiger partial charge < -0.3 is 20.6 Å². The van der Waals surface area contributed by atoms with Gasteiger partial charge in [0.25, 0.3) is 0 Å². The van der Waals surface area contributed by atoms with E-state index in [2.05, 4.69) is 31.3 Å². The molecule has 0 aliphatic rings. The minimum atomic E-state index is -1.09. The average Bonchev–Trinajstić information content (AvgIpc) is 3.07. The third kappa shape index (κ3) is 33.1. The van der Waals surface area contributed by atoms with E-state index in [4.69, 9.17) is 0 Å². The molecule has 0 bridgehead atoms. The second kappa shape index (κ2) is 37.6. The van der Waals surface area contributed by atoms with Gasteiger partial charge in [0.15, 0.2) is 0 Å². The van der Waals surface area contributed by atoms with Crippen LogP contribution in [0.2, 0.25) is 0 Å². The number of aliphatic hydroxyl groups is 3. The van der Waals surface area contributed by atoms with Gasteiger partial charge in [-0.15, -0.1) is 0 Å². The smallest absolute Gasteiger partial charge is 0.249 e. The fourth-order valence-electron chi connectivity index (χ4n) is 6.25. The molecule has 3 atom stereocenters. The van der Waals surface area contributed by atoms with Gasteiger partial charge in [-0.05, 0) is 38.5 Å². The van der Waals surface area contributed by atoms with Crippen LogP contribution in [0, 0.1) is 0 Å². The topological polar surface area (TPSA) is 89.8 Å². The quantitative estimate of drug-likeness (QED) is 0.0393. The zero-order valence-corrected chi connectivity index (χ0v) is 31.4. The van der Waals surface area contributed by atoms with E-state index in [1.807, 2.05) is 6.08 Å². The molecular formula is C42H81NO4. The van der Waals surface area contributed by atoms with Crippen LogP contribution < -0.4 is 5.32 Å². The van der Waals surface area contributed by atoms with Crippen molar-refractivity contribution in [3.63, 3.8) is 0 Å². The Hall–Kier alpha value is -1.17. The second-order valence-electron chi connectivity index (χ2n) is 14.2. The van der Waals surface area contributed by atoms with Crippen molar-refractivity contribution in [3.8, 4) is 0 Å². The second-order valence-corrected chi connectivity index (χ2v) is 14.2. The molecule has 47 heavy (non-hydrogen) atoms. The number of unbranched alkanes of at least 4 members (excludes halogenated alkanes) is 27. The van der Waals surface area contributed by atoms with Crippen LogP contribution in [-0.2, 0) is 4.79 Å². The van der Waals surface area contributed by atoms with Crippen molar-refractivity contribution in [3.05, 3.63) is 24.3 Å². The van der Waals surface area contributed by atoms with Crippen LogP contribution in [0.5, 0.6) is 0 Å². The summed E-state index contributed by atoms with van der Waals surface area (Å²) in [6, 6.07) is -0.797. The van der Waals surface area contributed by atoms with Gasteiger partial charge in [0.05, 0.1) is 18.8 Å². The number of aliphatic hydroxyl groups excluding tert-OH is 3. The van der Waals surface area contributed by atoms with Crippen LogP contribution in [0.1, 0.15) is 213 Å². The van der Waals surface area contributed by atoms with Crippen LogP contribution in [0.3, 0.4) is 0 Å². The molecule has 0 aromatic carbocycles. The Bertz CT molecular complexity index is 694. The lowest BCUT2D eigenvalue weighted by Crippen LogP contribution is -2.48. The van der Waals surface area contributed by atoms with Gasteiger partial charge in [-0.25, -0.2) is 0 Å². The summed E-state index contributed by atoms with van der Waals surface area (Å²) in [5.41, 5.74) is 0. The number of allylic oxidation sites excluding steroid dienone is 3. The van der Waals surface area contributed by atoms with Crippen molar-refractivity contribution < 1.29 is 20.1 Å². The van der Waals surface area contributed by atoms with Crippen LogP contribution >= 0.6 is 0 Å². The number of rotatable bonds is 37. The molecule has 4 N–H and O–H groups in total. The largest absolute Gasteiger partial charge is 0.394 e. The summed E-state index contributed by atoms with van der Waals surface area (Å²) in [6.07, 6.45) is 44.9. The standard InChI is InChI=1S/C42H81NO4/c1-3-5-7-9-11-13-15-17-18-19-20-21-22-23-25-27-29-31-33-35-37-41(46)42(47)43-39(38-44)40(45)36-34-32-30-28-26-24-16-14-12-10-8-6-4-2/h8,10,34,36,39-41,44-46H,3-7,9,11-33,35,37-38H2,1-2H3,(H,43,47)/b10-8-,36-34+/t39-,40+,41?/m0/s1. The highest BCUT2D eigenvalue weighted by Crippen LogP contribution is 2.16. The monoisotopic (exact) mass is 664 g/mol. The highest BCUT2D eigenvalue weighted by Gasteiger charge is 2.22. The predicted octanol–water partition coefficient (Wildman–Crippen LogP) is 11.4. The van der Waals surface area contributed by atoms with E-state index in [1.165, 1.54) is 161 Å². The number of nitrogens with one attached hydrogen (secondary N) is 1. The average molecular weight is 664 g/mol. The molecule has 0 saturated carbocycles. The third-order valence-corrected chi connectivity index (χ3v) is 9.52. The molecule has 1 amide bonds. The van der Waals surface area contributed by atoms with E-state index >= 15 is 0 Å². The molecule has 5 heteroatoms. The van der Waals surface area contributed by atoms with Gasteiger partial charge in [0.1, 0.15) is 6.10 Å². The minimum absolute atomic E-state index is 0.364. The summed E-state index contributed by atoms with van der Waals surface area (Å²) in [5, 5.41) is 33.0. The van der Waals surface area contributed by atoms with Gasteiger partial charge in [0.2, 0.25) is 5.91 Å². The maximum atomic E-state index is 12.4. The van der Waals surface area contributed by atoms with E-state index in [0.717, 1.165) is 32.1 Å². The van der Waals surface area contributed by atoms with E-state index in [-0.39, 0.29) is 6.61 Å².